The van der Waals surface area contributed by atoms with Gasteiger partial charge in [-0.25, -0.2) is 0 Å². The number of rotatable bonds is 2. The number of methoxy groups -OCH3 is 1. The molecule has 3 rings (SSSR count). The molecule has 2 aliphatic heterocycles. The van der Waals surface area contributed by atoms with Gasteiger partial charge in [0.15, 0.2) is 0 Å². The van der Waals surface area contributed by atoms with Crippen molar-refractivity contribution in [3.63, 3.8) is 0 Å². The highest BCUT2D eigenvalue weighted by Gasteiger charge is 2.47. The Bertz CT molecular complexity index is 503. The molecule has 0 unspecified atom stereocenters. The second-order valence-corrected chi connectivity index (χ2v) is 6.16. The number of likely N-dealkylation sites (tertiary alicyclic amines) is 1. The van der Waals surface area contributed by atoms with Crippen molar-refractivity contribution < 1.29 is 14.3 Å². The lowest BCUT2D eigenvalue weighted by Crippen LogP contribution is -2.58. The highest BCUT2D eigenvalue weighted by Crippen LogP contribution is 2.39. The lowest BCUT2D eigenvalue weighted by Gasteiger charge is -2.47. The topological polar surface area (TPSA) is 38.8 Å². The summed E-state index contributed by atoms with van der Waals surface area (Å²) in [5, 5.41) is 0. The van der Waals surface area contributed by atoms with Crippen molar-refractivity contribution in [2.24, 2.45) is 5.41 Å². The van der Waals surface area contributed by atoms with E-state index in [4.69, 9.17) is 9.47 Å². The monoisotopic (exact) mass is 325 g/mol. The van der Waals surface area contributed by atoms with Gasteiger partial charge in [-0.15, -0.1) is 0 Å². The Morgan fingerprint density at radius 2 is 2.26 bits per heavy atom. The second kappa shape index (κ2) is 4.80. The summed E-state index contributed by atoms with van der Waals surface area (Å²) in [4.78, 5) is 14.3. The van der Waals surface area contributed by atoms with Gasteiger partial charge < -0.3 is 14.4 Å². The van der Waals surface area contributed by atoms with E-state index in [9.17, 15) is 4.79 Å². The molecule has 102 valence electrons. The fraction of sp³-hybridized carbons (Fsp3) is 0.500. The standard InChI is InChI=1S/C14H16BrNO3/c1-18-10-2-3-12(15)11(6-10)13(17)16-7-14(8-16)4-5-19-9-14/h2-3,6H,4-5,7-9H2,1H3. The van der Waals surface area contributed by atoms with Crippen LogP contribution in [0.2, 0.25) is 0 Å². The summed E-state index contributed by atoms with van der Waals surface area (Å²) >= 11 is 3.43. The van der Waals surface area contributed by atoms with Gasteiger partial charge in [0.1, 0.15) is 5.75 Å². The van der Waals surface area contributed by atoms with Gasteiger partial charge in [0, 0.05) is 29.6 Å². The van der Waals surface area contributed by atoms with Crippen LogP contribution < -0.4 is 4.74 Å². The van der Waals surface area contributed by atoms with Crippen LogP contribution in [0, 0.1) is 5.41 Å². The van der Waals surface area contributed by atoms with Crippen molar-refractivity contribution in [3.05, 3.63) is 28.2 Å². The van der Waals surface area contributed by atoms with Crippen molar-refractivity contribution in [2.75, 3.05) is 33.4 Å². The summed E-state index contributed by atoms with van der Waals surface area (Å²) in [7, 11) is 1.60. The molecule has 0 saturated carbocycles. The molecule has 0 aliphatic carbocycles. The van der Waals surface area contributed by atoms with Crippen molar-refractivity contribution in [2.45, 2.75) is 6.42 Å². The first-order valence-electron chi connectivity index (χ1n) is 6.34. The van der Waals surface area contributed by atoms with Crippen LogP contribution in [0.3, 0.4) is 0 Å². The van der Waals surface area contributed by atoms with E-state index in [1.807, 2.05) is 17.0 Å². The molecule has 1 aromatic carbocycles. The number of ether oxygens (including phenoxy) is 2. The van der Waals surface area contributed by atoms with Gasteiger partial charge in [-0.3, -0.25) is 4.79 Å². The zero-order chi connectivity index (χ0) is 13.5. The molecule has 1 amide bonds. The van der Waals surface area contributed by atoms with Crippen LogP contribution in [0.15, 0.2) is 22.7 Å². The molecule has 0 radical (unpaired) electrons. The molecule has 2 saturated heterocycles. The minimum Gasteiger partial charge on any atom is -0.497 e. The second-order valence-electron chi connectivity index (χ2n) is 5.31. The zero-order valence-electron chi connectivity index (χ0n) is 10.8. The van der Waals surface area contributed by atoms with Crippen LogP contribution in [-0.2, 0) is 4.74 Å². The van der Waals surface area contributed by atoms with E-state index >= 15 is 0 Å². The Labute approximate surface area is 120 Å². The third-order valence-electron chi connectivity index (χ3n) is 3.93. The average molecular weight is 326 g/mol. The van der Waals surface area contributed by atoms with E-state index in [0.717, 1.165) is 37.2 Å². The first kappa shape index (κ1) is 12.9. The van der Waals surface area contributed by atoms with Gasteiger partial charge in [-0.1, -0.05) is 0 Å². The predicted octanol–water partition coefficient (Wildman–Crippen LogP) is 2.32. The van der Waals surface area contributed by atoms with Gasteiger partial charge >= 0.3 is 0 Å². The molecule has 2 heterocycles. The molecule has 1 spiro atoms. The molecule has 0 atom stereocenters. The van der Waals surface area contributed by atoms with Crippen LogP contribution in [0.1, 0.15) is 16.8 Å². The number of carbonyl (C=O) groups is 1. The predicted molar refractivity (Wildman–Crippen MR) is 74.5 cm³/mol. The number of amides is 1. The lowest BCUT2D eigenvalue weighted by atomic mass is 9.79. The summed E-state index contributed by atoms with van der Waals surface area (Å²) in [6, 6.07) is 5.46. The highest BCUT2D eigenvalue weighted by atomic mass is 79.9. The van der Waals surface area contributed by atoms with Crippen molar-refractivity contribution >= 4 is 21.8 Å². The molecule has 0 N–H and O–H groups in total. The number of benzene rings is 1. The van der Waals surface area contributed by atoms with E-state index in [1.165, 1.54) is 0 Å². The number of halogens is 1. The quantitative estimate of drug-likeness (QED) is 0.837. The van der Waals surface area contributed by atoms with Gasteiger partial charge in [0.2, 0.25) is 0 Å². The van der Waals surface area contributed by atoms with Crippen LogP contribution in [-0.4, -0.2) is 44.2 Å². The summed E-state index contributed by atoms with van der Waals surface area (Å²) < 4.78 is 11.4. The minimum absolute atomic E-state index is 0.0586. The van der Waals surface area contributed by atoms with E-state index in [-0.39, 0.29) is 11.3 Å². The number of carbonyl (C=O) groups excluding carboxylic acids is 1. The molecule has 1 aromatic rings. The van der Waals surface area contributed by atoms with Crippen molar-refractivity contribution in [3.8, 4) is 5.75 Å². The number of hydrogen-bond acceptors (Lipinski definition) is 3. The number of nitrogens with zero attached hydrogens (tertiary/aromatic N) is 1. The maximum Gasteiger partial charge on any atom is 0.255 e. The summed E-state index contributed by atoms with van der Waals surface area (Å²) in [6.45, 7) is 3.21. The Kier molecular flexibility index (Phi) is 3.27. The highest BCUT2D eigenvalue weighted by molar-refractivity contribution is 9.10. The molecule has 2 fully saturated rings. The maximum absolute atomic E-state index is 12.5. The molecular weight excluding hydrogens is 310 g/mol. The van der Waals surface area contributed by atoms with Crippen LogP contribution in [0.25, 0.3) is 0 Å². The Morgan fingerprint density at radius 1 is 1.47 bits per heavy atom. The fourth-order valence-electron chi connectivity index (χ4n) is 2.77. The van der Waals surface area contributed by atoms with Crippen LogP contribution >= 0.6 is 15.9 Å². The first-order valence-corrected chi connectivity index (χ1v) is 7.13. The normalized spacial score (nSPS) is 20.4. The molecule has 19 heavy (non-hydrogen) atoms. The van der Waals surface area contributed by atoms with Crippen molar-refractivity contribution in [1.29, 1.82) is 0 Å². The summed E-state index contributed by atoms with van der Waals surface area (Å²) in [6.07, 6.45) is 1.07. The third kappa shape index (κ3) is 2.25. The molecule has 0 bridgehead atoms. The molecule has 2 aliphatic rings. The number of hydrogen-bond donors (Lipinski definition) is 0. The van der Waals surface area contributed by atoms with E-state index in [0.29, 0.717) is 11.3 Å². The molecule has 0 aromatic heterocycles. The first-order chi connectivity index (χ1) is 9.13. The van der Waals surface area contributed by atoms with Crippen LogP contribution in [0.4, 0.5) is 0 Å². The van der Waals surface area contributed by atoms with Crippen LogP contribution in [0.5, 0.6) is 5.75 Å². The summed E-state index contributed by atoms with van der Waals surface area (Å²) in [5.74, 6) is 0.759. The van der Waals surface area contributed by atoms with Gasteiger partial charge in [-0.2, -0.15) is 0 Å². The van der Waals surface area contributed by atoms with Crippen molar-refractivity contribution in [1.82, 2.24) is 4.90 Å². The summed E-state index contributed by atoms with van der Waals surface area (Å²) in [5.41, 5.74) is 0.884. The Morgan fingerprint density at radius 3 is 2.89 bits per heavy atom. The van der Waals surface area contributed by atoms with E-state index in [2.05, 4.69) is 15.9 Å². The fourth-order valence-corrected chi connectivity index (χ4v) is 3.19. The molecular formula is C14H16BrNO3. The molecule has 4 nitrogen and oxygen atoms in total. The third-order valence-corrected chi connectivity index (χ3v) is 4.62. The van der Waals surface area contributed by atoms with E-state index < -0.39 is 0 Å². The Balaban J connectivity index is 1.74. The smallest absolute Gasteiger partial charge is 0.255 e. The van der Waals surface area contributed by atoms with Gasteiger partial charge in [-0.05, 0) is 40.5 Å². The average Bonchev–Trinajstić information content (AvgIpc) is 2.86. The maximum atomic E-state index is 12.5. The van der Waals surface area contributed by atoms with E-state index in [1.54, 1.807) is 13.2 Å². The minimum atomic E-state index is 0.0586. The molecule has 5 heteroatoms. The van der Waals surface area contributed by atoms with Gasteiger partial charge in [0.25, 0.3) is 5.91 Å². The largest absolute Gasteiger partial charge is 0.497 e. The Hall–Kier alpha value is -1.07. The zero-order valence-corrected chi connectivity index (χ0v) is 12.4. The lowest BCUT2D eigenvalue weighted by molar-refractivity contribution is 0.000279. The van der Waals surface area contributed by atoms with Gasteiger partial charge in [0.05, 0.1) is 19.3 Å². The SMILES string of the molecule is COc1ccc(Br)c(C(=O)N2CC3(CCOC3)C2)c1.